The minimum absolute atomic E-state index is 0.0208. The molecular weight excluding hydrogens is 408 g/mol. The summed E-state index contributed by atoms with van der Waals surface area (Å²) in [6.45, 7) is 0. The van der Waals surface area contributed by atoms with Gasteiger partial charge < -0.3 is 5.32 Å². The van der Waals surface area contributed by atoms with E-state index in [-0.39, 0.29) is 10.9 Å². The van der Waals surface area contributed by atoms with Crippen molar-refractivity contribution in [2.45, 2.75) is 0 Å². The number of nitrogens with one attached hydrogen (secondary N) is 1. The molecule has 0 radical (unpaired) electrons. The van der Waals surface area contributed by atoms with Crippen molar-refractivity contribution in [3.8, 4) is 0 Å². The molecule has 0 spiro atoms. The number of benzene rings is 1. The fraction of sp³-hybridized carbons (Fsp3) is 0. The van der Waals surface area contributed by atoms with E-state index in [1.165, 1.54) is 23.5 Å². The predicted octanol–water partition coefficient (Wildman–Crippen LogP) is 5.32. The topological polar surface area (TPSA) is 29.1 Å². The van der Waals surface area contributed by atoms with Crippen LogP contribution in [0.15, 0.2) is 31.8 Å². The van der Waals surface area contributed by atoms with Crippen molar-refractivity contribution < 1.29 is 9.18 Å². The van der Waals surface area contributed by atoms with Gasteiger partial charge in [-0.25, -0.2) is 4.39 Å². The van der Waals surface area contributed by atoms with Crippen molar-refractivity contribution in [1.82, 2.24) is 0 Å². The van der Waals surface area contributed by atoms with E-state index in [2.05, 4.69) is 37.2 Å². The van der Waals surface area contributed by atoms with Gasteiger partial charge in [0.05, 0.1) is 18.2 Å². The monoisotopic (exact) mass is 411 g/mol. The third-order valence-corrected chi connectivity index (χ3v) is 4.72. The lowest BCUT2D eigenvalue weighted by Crippen LogP contribution is -2.11. The molecule has 18 heavy (non-hydrogen) atoms. The lowest BCUT2D eigenvalue weighted by atomic mass is 10.2. The number of carbonyl (C=O) groups is 1. The van der Waals surface area contributed by atoms with E-state index in [0.717, 1.165) is 3.79 Å². The highest BCUT2D eigenvalue weighted by Crippen LogP contribution is 2.32. The number of hydrogen-bond donors (Lipinski definition) is 1. The zero-order valence-electron chi connectivity index (χ0n) is 8.64. The largest absolute Gasteiger partial charge is 0.322 e. The highest BCUT2D eigenvalue weighted by Gasteiger charge is 2.14. The minimum Gasteiger partial charge on any atom is -0.322 e. The van der Waals surface area contributed by atoms with E-state index in [1.807, 2.05) is 0 Å². The molecule has 0 unspecified atom stereocenters. The lowest BCUT2D eigenvalue weighted by molar-refractivity contribution is 0.102. The van der Waals surface area contributed by atoms with Crippen LogP contribution < -0.4 is 5.32 Å². The van der Waals surface area contributed by atoms with E-state index in [0.29, 0.717) is 15.0 Å². The van der Waals surface area contributed by atoms with Crippen LogP contribution in [0.25, 0.3) is 0 Å². The molecule has 2 nitrogen and oxygen atoms in total. The molecule has 0 saturated carbocycles. The van der Waals surface area contributed by atoms with Crippen molar-refractivity contribution in [3.05, 3.63) is 48.2 Å². The van der Waals surface area contributed by atoms with Gasteiger partial charge in [0.1, 0.15) is 5.82 Å². The second-order valence-corrected chi connectivity index (χ2v) is 7.48. The summed E-state index contributed by atoms with van der Waals surface area (Å²) in [5.41, 5.74) is 0.846. The maximum absolute atomic E-state index is 13.2. The number of carbonyl (C=O) groups excluding carboxylic acids is 1. The smallest absolute Gasteiger partial charge is 0.257 e. The van der Waals surface area contributed by atoms with Crippen LogP contribution in [0, 0.1) is 5.82 Å². The van der Waals surface area contributed by atoms with Crippen molar-refractivity contribution >= 4 is 66.4 Å². The van der Waals surface area contributed by atoms with Gasteiger partial charge >= 0.3 is 0 Å². The first-order valence-corrected chi connectivity index (χ1v) is 7.46. The molecule has 0 aliphatic heterocycles. The molecule has 0 aliphatic carbocycles. The number of amides is 1. The summed E-state index contributed by atoms with van der Waals surface area (Å²) in [7, 11) is 0. The maximum Gasteiger partial charge on any atom is 0.257 e. The number of anilines is 1. The van der Waals surface area contributed by atoms with E-state index >= 15 is 0 Å². The van der Waals surface area contributed by atoms with Crippen LogP contribution in [-0.2, 0) is 0 Å². The van der Waals surface area contributed by atoms with Gasteiger partial charge in [0.25, 0.3) is 5.91 Å². The summed E-state index contributed by atoms with van der Waals surface area (Å²) < 4.78 is 14.8. The van der Waals surface area contributed by atoms with Crippen molar-refractivity contribution in [1.29, 1.82) is 0 Å². The van der Waals surface area contributed by atoms with Crippen LogP contribution in [0.1, 0.15) is 10.4 Å². The fourth-order valence-electron chi connectivity index (χ4n) is 1.27. The quantitative estimate of drug-likeness (QED) is 0.710. The first-order chi connectivity index (χ1) is 8.47. The van der Waals surface area contributed by atoms with Gasteiger partial charge in [-0.3, -0.25) is 4.79 Å². The summed E-state index contributed by atoms with van der Waals surface area (Å²) in [5.74, 6) is -0.884. The normalized spacial score (nSPS) is 10.4. The highest BCUT2D eigenvalue weighted by atomic mass is 79.9. The molecule has 0 bridgehead atoms. The van der Waals surface area contributed by atoms with Crippen molar-refractivity contribution in [3.63, 3.8) is 0 Å². The summed E-state index contributed by atoms with van der Waals surface area (Å²) >= 11 is 13.5. The number of hydrogen-bond acceptors (Lipinski definition) is 2. The molecule has 0 aliphatic rings. The van der Waals surface area contributed by atoms with Gasteiger partial charge in [-0.2, -0.15) is 0 Å². The summed E-state index contributed by atoms with van der Waals surface area (Å²) in [6.07, 6.45) is 0. The summed E-state index contributed by atoms with van der Waals surface area (Å²) in [4.78, 5) is 11.9. The Labute approximate surface area is 128 Å². The van der Waals surface area contributed by atoms with Crippen LogP contribution >= 0.6 is 54.8 Å². The molecule has 94 valence electrons. The molecule has 1 heterocycles. The van der Waals surface area contributed by atoms with Gasteiger partial charge in [0.15, 0.2) is 0 Å². The van der Waals surface area contributed by atoms with Gasteiger partial charge in [-0.15, -0.1) is 11.3 Å². The molecule has 1 N–H and O–H groups in total. The molecule has 0 fully saturated rings. The van der Waals surface area contributed by atoms with Gasteiger partial charge in [0.2, 0.25) is 0 Å². The van der Waals surface area contributed by atoms with E-state index in [1.54, 1.807) is 12.1 Å². The Morgan fingerprint density at radius 3 is 2.61 bits per heavy atom. The number of thiophene rings is 1. The molecule has 0 atom stereocenters. The second kappa shape index (κ2) is 5.69. The Bertz CT molecular complexity index is 617. The molecular formula is C11H5Br2ClFNOS. The van der Waals surface area contributed by atoms with Crippen molar-refractivity contribution in [2.75, 3.05) is 5.32 Å². The first-order valence-electron chi connectivity index (χ1n) is 4.68. The third kappa shape index (κ3) is 3.12. The Balaban J connectivity index is 2.21. The van der Waals surface area contributed by atoms with E-state index in [4.69, 9.17) is 11.6 Å². The number of halogens is 4. The van der Waals surface area contributed by atoms with Gasteiger partial charge in [0, 0.05) is 5.69 Å². The first kappa shape index (κ1) is 14.0. The second-order valence-electron chi connectivity index (χ2n) is 3.32. The van der Waals surface area contributed by atoms with Crippen LogP contribution in [0.3, 0.4) is 0 Å². The predicted molar refractivity (Wildman–Crippen MR) is 79.1 cm³/mol. The molecule has 7 heteroatoms. The van der Waals surface area contributed by atoms with Gasteiger partial charge in [-0.05, 0) is 56.1 Å². The number of rotatable bonds is 2. The Kier molecular flexibility index (Phi) is 4.42. The Morgan fingerprint density at radius 2 is 2.06 bits per heavy atom. The summed E-state index contributed by atoms with van der Waals surface area (Å²) in [6, 6.07) is 5.80. The average Bonchev–Trinajstić information content (AvgIpc) is 2.63. The molecule has 1 amide bonds. The van der Waals surface area contributed by atoms with Gasteiger partial charge in [-0.1, -0.05) is 11.6 Å². The Morgan fingerprint density at radius 1 is 1.33 bits per heavy atom. The molecule has 1 aromatic heterocycles. The van der Waals surface area contributed by atoms with E-state index < -0.39 is 5.82 Å². The average molecular weight is 413 g/mol. The highest BCUT2D eigenvalue weighted by molar-refractivity contribution is 9.12. The maximum atomic E-state index is 13.2. The zero-order valence-corrected chi connectivity index (χ0v) is 13.4. The molecule has 1 aromatic carbocycles. The zero-order chi connectivity index (χ0) is 13.3. The third-order valence-electron chi connectivity index (χ3n) is 2.08. The van der Waals surface area contributed by atoms with E-state index in [9.17, 15) is 9.18 Å². The SMILES string of the molecule is O=C(Nc1ccc(Cl)c(F)c1)c1cc(Br)sc1Br. The fourth-order valence-corrected chi connectivity index (χ4v) is 4.18. The minimum atomic E-state index is -0.569. The molecule has 0 saturated heterocycles. The van der Waals surface area contributed by atoms with Crippen LogP contribution in [0.2, 0.25) is 5.02 Å². The van der Waals surface area contributed by atoms with Crippen LogP contribution in [0.5, 0.6) is 0 Å². The van der Waals surface area contributed by atoms with Crippen LogP contribution in [-0.4, -0.2) is 5.91 Å². The molecule has 2 rings (SSSR count). The lowest BCUT2D eigenvalue weighted by Gasteiger charge is -2.05. The standard InChI is InChI=1S/C11H5Br2ClFNOS/c12-9-4-6(10(13)18-9)11(17)16-5-1-2-7(14)8(15)3-5/h1-4H,(H,16,17). The molecule has 2 aromatic rings. The van der Waals surface area contributed by atoms with Crippen molar-refractivity contribution in [2.24, 2.45) is 0 Å². The Hall–Kier alpha value is -0.430. The summed E-state index contributed by atoms with van der Waals surface area (Å²) in [5, 5.41) is 2.62. The van der Waals surface area contributed by atoms with Crippen LogP contribution in [0.4, 0.5) is 10.1 Å².